The second kappa shape index (κ2) is 5.56. The van der Waals surface area contributed by atoms with Gasteiger partial charge in [-0.15, -0.1) is 0 Å². The minimum Gasteiger partial charge on any atom is -0.507 e. The zero-order chi connectivity index (χ0) is 11.3. The van der Waals surface area contributed by atoms with Crippen molar-refractivity contribution in [1.29, 1.82) is 0 Å². The molecular weight excluding hydrogens is 260 g/mol. The largest absolute Gasteiger partial charge is 0.507 e. The van der Waals surface area contributed by atoms with Crippen molar-refractivity contribution in [2.45, 2.75) is 6.92 Å². The molecule has 1 aromatic rings. The van der Waals surface area contributed by atoms with Gasteiger partial charge in [0.15, 0.2) is 0 Å². The molecule has 0 spiro atoms. The molecule has 3 nitrogen and oxygen atoms in total. The maximum Gasteiger partial charge on any atom is 0.330 e. The van der Waals surface area contributed by atoms with Crippen LogP contribution in [0, 0.1) is 0 Å². The number of carbonyl (C=O) groups excluding carboxylic acids is 1. The van der Waals surface area contributed by atoms with Crippen LogP contribution in [0.25, 0.3) is 6.08 Å². The first-order valence-electron chi connectivity index (χ1n) is 4.47. The first kappa shape index (κ1) is 11.8. The number of rotatable bonds is 3. The minimum absolute atomic E-state index is 0.116. The van der Waals surface area contributed by atoms with Crippen molar-refractivity contribution in [2.75, 3.05) is 6.61 Å². The molecule has 0 atom stereocenters. The van der Waals surface area contributed by atoms with E-state index in [-0.39, 0.29) is 5.75 Å². The van der Waals surface area contributed by atoms with Crippen LogP contribution in [-0.2, 0) is 9.53 Å². The average molecular weight is 271 g/mol. The molecule has 0 aromatic heterocycles. The van der Waals surface area contributed by atoms with Crippen LogP contribution in [0.15, 0.2) is 28.7 Å². The highest BCUT2D eigenvalue weighted by atomic mass is 79.9. The van der Waals surface area contributed by atoms with Gasteiger partial charge in [0.05, 0.1) is 6.61 Å². The third kappa shape index (κ3) is 3.75. The van der Waals surface area contributed by atoms with Crippen molar-refractivity contribution in [1.82, 2.24) is 0 Å². The van der Waals surface area contributed by atoms with Crippen LogP contribution in [0.2, 0.25) is 0 Å². The van der Waals surface area contributed by atoms with E-state index in [0.29, 0.717) is 12.2 Å². The number of halogens is 1. The summed E-state index contributed by atoms with van der Waals surface area (Å²) in [6.45, 7) is 2.08. The van der Waals surface area contributed by atoms with Crippen molar-refractivity contribution in [2.24, 2.45) is 0 Å². The topological polar surface area (TPSA) is 46.5 Å². The van der Waals surface area contributed by atoms with Crippen molar-refractivity contribution in [3.63, 3.8) is 0 Å². The Kier molecular flexibility index (Phi) is 4.37. The van der Waals surface area contributed by atoms with E-state index in [1.54, 1.807) is 25.1 Å². The molecule has 1 rings (SSSR count). The van der Waals surface area contributed by atoms with Gasteiger partial charge in [-0.25, -0.2) is 4.79 Å². The van der Waals surface area contributed by atoms with E-state index >= 15 is 0 Å². The Morgan fingerprint density at radius 1 is 1.60 bits per heavy atom. The molecular formula is C11H11BrO3. The van der Waals surface area contributed by atoms with Gasteiger partial charge in [0.1, 0.15) is 5.75 Å². The first-order valence-corrected chi connectivity index (χ1v) is 5.26. The van der Waals surface area contributed by atoms with Crippen molar-refractivity contribution < 1.29 is 14.6 Å². The fraction of sp³-hybridized carbons (Fsp3) is 0.182. The average Bonchev–Trinajstić information content (AvgIpc) is 2.17. The molecule has 0 radical (unpaired) electrons. The SMILES string of the molecule is CCOC(=O)/C=C/c1ccc(Br)cc1O. The predicted octanol–water partition coefficient (Wildman–Crippen LogP) is 2.73. The summed E-state index contributed by atoms with van der Waals surface area (Å²) in [5, 5.41) is 9.50. The molecule has 15 heavy (non-hydrogen) atoms. The van der Waals surface area contributed by atoms with E-state index in [2.05, 4.69) is 15.9 Å². The van der Waals surface area contributed by atoms with Gasteiger partial charge >= 0.3 is 5.97 Å². The molecule has 0 bridgehead atoms. The van der Waals surface area contributed by atoms with Gasteiger partial charge in [-0.2, -0.15) is 0 Å². The van der Waals surface area contributed by atoms with E-state index < -0.39 is 5.97 Å². The van der Waals surface area contributed by atoms with Gasteiger partial charge in [0, 0.05) is 16.1 Å². The van der Waals surface area contributed by atoms with Crippen molar-refractivity contribution in [3.8, 4) is 5.75 Å². The van der Waals surface area contributed by atoms with E-state index in [0.717, 1.165) is 4.47 Å². The van der Waals surface area contributed by atoms with Gasteiger partial charge in [0.25, 0.3) is 0 Å². The Morgan fingerprint density at radius 3 is 2.93 bits per heavy atom. The maximum absolute atomic E-state index is 11.0. The van der Waals surface area contributed by atoms with Gasteiger partial charge in [-0.05, 0) is 25.1 Å². The number of phenols is 1. The maximum atomic E-state index is 11.0. The summed E-state index contributed by atoms with van der Waals surface area (Å²) in [7, 11) is 0. The molecule has 1 aromatic carbocycles. The predicted molar refractivity (Wildman–Crippen MR) is 61.5 cm³/mol. The third-order valence-corrected chi connectivity index (χ3v) is 2.17. The zero-order valence-corrected chi connectivity index (χ0v) is 9.82. The standard InChI is InChI=1S/C11H11BrO3/c1-2-15-11(14)6-4-8-3-5-9(12)7-10(8)13/h3-7,13H,2H2,1H3/b6-4+. The van der Waals surface area contributed by atoms with Gasteiger partial charge in [-0.3, -0.25) is 0 Å². The lowest BCUT2D eigenvalue weighted by molar-refractivity contribution is -0.137. The molecule has 0 saturated heterocycles. The Balaban J connectivity index is 2.76. The summed E-state index contributed by atoms with van der Waals surface area (Å²) in [6.07, 6.45) is 2.80. The second-order valence-electron chi connectivity index (χ2n) is 2.79. The Bertz CT molecular complexity index is 385. The molecule has 0 heterocycles. The third-order valence-electron chi connectivity index (χ3n) is 1.68. The molecule has 0 aliphatic carbocycles. The Morgan fingerprint density at radius 2 is 2.33 bits per heavy atom. The fourth-order valence-electron chi connectivity index (χ4n) is 1.01. The highest BCUT2D eigenvalue weighted by Gasteiger charge is 1.99. The second-order valence-corrected chi connectivity index (χ2v) is 3.70. The number of aromatic hydroxyl groups is 1. The smallest absolute Gasteiger partial charge is 0.330 e. The summed E-state index contributed by atoms with van der Waals surface area (Å²) >= 11 is 3.23. The monoisotopic (exact) mass is 270 g/mol. The van der Waals surface area contributed by atoms with Crippen LogP contribution in [-0.4, -0.2) is 17.7 Å². The summed E-state index contributed by atoms with van der Waals surface area (Å²) < 4.78 is 5.50. The van der Waals surface area contributed by atoms with Crippen molar-refractivity contribution in [3.05, 3.63) is 34.3 Å². The summed E-state index contributed by atoms with van der Waals surface area (Å²) in [5.41, 5.74) is 0.575. The summed E-state index contributed by atoms with van der Waals surface area (Å²) in [4.78, 5) is 11.0. The van der Waals surface area contributed by atoms with E-state index in [9.17, 15) is 9.90 Å². The zero-order valence-electron chi connectivity index (χ0n) is 8.24. The molecule has 0 fully saturated rings. The molecule has 0 aliphatic heterocycles. The number of esters is 1. The summed E-state index contributed by atoms with van der Waals surface area (Å²) in [6, 6.07) is 5.05. The molecule has 1 N–H and O–H groups in total. The van der Waals surface area contributed by atoms with Gasteiger partial charge < -0.3 is 9.84 Å². The number of hydrogen-bond acceptors (Lipinski definition) is 3. The van der Waals surface area contributed by atoms with Gasteiger partial charge in [-0.1, -0.05) is 22.0 Å². The lowest BCUT2D eigenvalue weighted by atomic mass is 10.2. The molecule has 4 heteroatoms. The molecule has 0 unspecified atom stereocenters. The van der Waals surface area contributed by atoms with Crippen LogP contribution in [0.1, 0.15) is 12.5 Å². The van der Waals surface area contributed by atoms with E-state index in [4.69, 9.17) is 4.74 Å². The number of ether oxygens (including phenoxy) is 1. The normalized spacial score (nSPS) is 10.5. The molecule has 80 valence electrons. The lowest BCUT2D eigenvalue weighted by Gasteiger charge is -1.99. The number of benzene rings is 1. The highest BCUT2D eigenvalue weighted by molar-refractivity contribution is 9.10. The van der Waals surface area contributed by atoms with Crippen molar-refractivity contribution >= 4 is 28.0 Å². The minimum atomic E-state index is -0.417. The van der Waals surface area contributed by atoms with Gasteiger partial charge in [0.2, 0.25) is 0 Å². The summed E-state index contributed by atoms with van der Waals surface area (Å²) in [5.74, 6) is -0.301. The van der Waals surface area contributed by atoms with Crippen LogP contribution in [0.5, 0.6) is 5.75 Å². The number of phenolic OH excluding ortho intramolecular Hbond substituents is 1. The molecule has 0 aliphatic rings. The quantitative estimate of drug-likeness (QED) is 0.679. The number of hydrogen-bond donors (Lipinski definition) is 1. The van der Waals surface area contributed by atoms with Crippen LogP contribution >= 0.6 is 15.9 Å². The number of carbonyl (C=O) groups is 1. The first-order chi connectivity index (χ1) is 7.13. The van der Waals surface area contributed by atoms with Crippen LogP contribution in [0.4, 0.5) is 0 Å². The fourth-order valence-corrected chi connectivity index (χ4v) is 1.35. The van der Waals surface area contributed by atoms with E-state index in [1.807, 2.05) is 0 Å². The highest BCUT2D eigenvalue weighted by Crippen LogP contribution is 2.23. The molecule has 0 amide bonds. The Hall–Kier alpha value is -1.29. The molecule has 0 saturated carbocycles. The lowest BCUT2D eigenvalue weighted by Crippen LogP contribution is -1.98. The van der Waals surface area contributed by atoms with Crippen LogP contribution in [0.3, 0.4) is 0 Å². The van der Waals surface area contributed by atoms with E-state index in [1.165, 1.54) is 12.2 Å². The Labute approximate surface area is 96.5 Å². The van der Waals surface area contributed by atoms with Crippen LogP contribution < -0.4 is 0 Å².